The van der Waals surface area contributed by atoms with Gasteiger partial charge in [0.15, 0.2) is 5.82 Å². The summed E-state index contributed by atoms with van der Waals surface area (Å²) in [5, 5.41) is 11.5. The van der Waals surface area contributed by atoms with Gasteiger partial charge in [0.25, 0.3) is 0 Å². The van der Waals surface area contributed by atoms with Gasteiger partial charge in [0.1, 0.15) is 13.2 Å². The van der Waals surface area contributed by atoms with Crippen molar-refractivity contribution < 1.29 is 9.47 Å². The summed E-state index contributed by atoms with van der Waals surface area (Å²) >= 11 is 0. The fraction of sp³-hybridized carbons (Fsp3) is 0.500. The van der Waals surface area contributed by atoms with Crippen molar-refractivity contribution in [1.29, 1.82) is 0 Å². The van der Waals surface area contributed by atoms with Crippen LogP contribution in [0.4, 0.5) is 11.6 Å². The maximum atomic E-state index is 5.64. The molecule has 0 spiro atoms. The highest BCUT2D eigenvalue weighted by atomic mass is 16.5. The van der Waals surface area contributed by atoms with Crippen molar-refractivity contribution in [2.24, 2.45) is 10.2 Å². The number of nitrogens with one attached hydrogen (secondary N) is 1. The Bertz CT molecular complexity index is 763. The average molecular weight is 371 g/mol. The first-order valence-corrected chi connectivity index (χ1v) is 9.04. The van der Waals surface area contributed by atoms with Crippen molar-refractivity contribution in [3.05, 3.63) is 35.7 Å². The Kier molecular flexibility index (Phi) is 7.00. The van der Waals surface area contributed by atoms with E-state index in [2.05, 4.69) is 35.4 Å². The van der Waals surface area contributed by atoms with E-state index in [0.29, 0.717) is 44.1 Å². The number of benzene rings is 1. The molecule has 2 aromatic rings. The largest absolute Gasteiger partial charge is 0.462 e. The number of nitrogens with zero attached hydrogens (tertiary/aromatic N) is 6. The summed E-state index contributed by atoms with van der Waals surface area (Å²) in [6.45, 7) is 6.27. The molecule has 0 bridgehead atoms. The molecule has 1 aromatic heterocycles. The monoisotopic (exact) mass is 371 g/mol. The molecule has 1 aliphatic heterocycles. The second kappa shape index (κ2) is 9.89. The number of ether oxygens (including phenoxy) is 2. The van der Waals surface area contributed by atoms with E-state index in [4.69, 9.17) is 9.47 Å². The van der Waals surface area contributed by atoms with Gasteiger partial charge >= 0.3 is 6.01 Å². The Hall–Kier alpha value is -2.65. The lowest BCUT2D eigenvalue weighted by Gasteiger charge is -2.26. The SMILES string of the molecule is CNCCOc1nc(CN=Nc2cccc(C)c2)nc(N2CCOCC2)n1. The minimum Gasteiger partial charge on any atom is -0.462 e. The van der Waals surface area contributed by atoms with Crippen molar-refractivity contribution in [2.75, 3.05) is 51.4 Å². The van der Waals surface area contributed by atoms with Crippen LogP contribution in [0.15, 0.2) is 34.5 Å². The molecule has 1 aromatic carbocycles. The normalized spacial score (nSPS) is 14.7. The highest BCUT2D eigenvalue weighted by Gasteiger charge is 2.17. The van der Waals surface area contributed by atoms with Gasteiger partial charge in [-0.1, -0.05) is 12.1 Å². The third kappa shape index (κ3) is 5.93. The van der Waals surface area contributed by atoms with Crippen LogP contribution in [-0.2, 0) is 11.3 Å². The molecule has 9 nitrogen and oxygen atoms in total. The van der Waals surface area contributed by atoms with Gasteiger partial charge in [-0.25, -0.2) is 0 Å². The van der Waals surface area contributed by atoms with Gasteiger partial charge in [-0.3, -0.25) is 0 Å². The van der Waals surface area contributed by atoms with Gasteiger partial charge in [0.05, 0.1) is 18.9 Å². The smallest absolute Gasteiger partial charge is 0.321 e. The summed E-state index contributed by atoms with van der Waals surface area (Å²) in [5.41, 5.74) is 1.95. The molecule has 0 saturated carbocycles. The van der Waals surface area contributed by atoms with Crippen molar-refractivity contribution in [3.63, 3.8) is 0 Å². The number of rotatable bonds is 8. The number of hydrogen-bond acceptors (Lipinski definition) is 9. The third-order valence-corrected chi connectivity index (χ3v) is 3.93. The topological polar surface area (TPSA) is 97.1 Å². The molecule has 0 radical (unpaired) electrons. The molecule has 1 N–H and O–H groups in total. The molecule has 9 heteroatoms. The van der Waals surface area contributed by atoms with Gasteiger partial charge < -0.3 is 19.7 Å². The highest BCUT2D eigenvalue weighted by molar-refractivity contribution is 5.38. The highest BCUT2D eigenvalue weighted by Crippen LogP contribution is 2.17. The first-order chi connectivity index (χ1) is 13.2. The fourth-order valence-corrected chi connectivity index (χ4v) is 2.54. The van der Waals surface area contributed by atoms with Crippen LogP contribution >= 0.6 is 0 Å². The average Bonchev–Trinajstić information content (AvgIpc) is 2.69. The molecule has 1 saturated heterocycles. The molecule has 0 unspecified atom stereocenters. The van der Waals surface area contributed by atoms with Gasteiger partial charge in [-0.2, -0.15) is 25.2 Å². The first kappa shape index (κ1) is 19.1. The second-order valence-corrected chi connectivity index (χ2v) is 6.12. The van der Waals surface area contributed by atoms with Gasteiger partial charge in [0, 0.05) is 19.6 Å². The number of aromatic nitrogens is 3. The van der Waals surface area contributed by atoms with E-state index < -0.39 is 0 Å². The summed E-state index contributed by atoms with van der Waals surface area (Å²) in [6, 6.07) is 8.17. The van der Waals surface area contributed by atoms with Crippen molar-refractivity contribution in [3.8, 4) is 6.01 Å². The molecule has 0 atom stereocenters. The van der Waals surface area contributed by atoms with Crippen molar-refractivity contribution in [2.45, 2.75) is 13.5 Å². The Labute approximate surface area is 158 Å². The van der Waals surface area contributed by atoms with E-state index in [1.165, 1.54) is 0 Å². The lowest BCUT2D eigenvalue weighted by molar-refractivity contribution is 0.122. The Morgan fingerprint density at radius 2 is 2.07 bits per heavy atom. The maximum Gasteiger partial charge on any atom is 0.321 e. The van der Waals surface area contributed by atoms with Crippen LogP contribution in [0.2, 0.25) is 0 Å². The Morgan fingerprint density at radius 1 is 1.22 bits per heavy atom. The zero-order valence-corrected chi connectivity index (χ0v) is 15.8. The van der Waals surface area contributed by atoms with Gasteiger partial charge in [0.2, 0.25) is 5.95 Å². The van der Waals surface area contributed by atoms with Gasteiger partial charge in [-0.05, 0) is 31.7 Å². The molecule has 3 rings (SSSR count). The molecule has 0 amide bonds. The minimum absolute atomic E-state index is 0.260. The van der Waals surface area contributed by atoms with Crippen LogP contribution in [0.1, 0.15) is 11.4 Å². The quantitative estimate of drug-likeness (QED) is 0.559. The number of aryl methyl sites for hydroxylation is 1. The summed E-state index contributed by atoms with van der Waals surface area (Å²) in [5.74, 6) is 1.12. The van der Waals surface area contributed by atoms with Crippen LogP contribution in [0, 0.1) is 6.92 Å². The molecule has 144 valence electrons. The van der Waals surface area contributed by atoms with E-state index in [9.17, 15) is 0 Å². The maximum absolute atomic E-state index is 5.64. The molecular formula is C18H25N7O2. The third-order valence-electron chi connectivity index (χ3n) is 3.93. The minimum atomic E-state index is 0.260. The molecule has 1 fully saturated rings. The summed E-state index contributed by atoms with van der Waals surface area (Å²) in [6.07, 6.45) is 0. The van der Waals surface area contributed by atoms with Crippen LogP contribution in [0.5, 0.6) is 6.01 Å². The summed E-state index contributed by atoms with van der Waals surface area (Å²) in [4.78, 5) is 15.4. The molecule has 27 heavy (non-hydrogen) atoms. The Balaban J connectivity index is 1.74. The predicted octanol–water partition coefficient (Wildman–Crippen LogP) is 1.90. The van der Waals surface area contributed by atoms with Crippen LogP contribution < -0.4 is 15.0 Å². The van der Waals surface area contributed by atoms with Crippen molar-refractivity contribution in [1.82, 2.24) is 20.3 Å². The Morgan fingerprint density at radius 3 is 2.85 bits per heavy atom. The van der Waals surface area contributed by atoms with E-state index in [0.717, 1.165) is 24.3 Å². The van der Waals surface area contributed by atoms with E-state index in [1.54, 1.807) is 0 Å². The second-order valence-electron chi connectivity index (χ2n) is 6.12. The molecular weight excluding hydrogens is 346 g/mol. The van der Waals surface area contributed by atoms with Crippen LogP contribution in [0.25, 0.3) is 0 Å². The van der Waals surface area contributed by atoms with Crippen molar-refractivity contribution >= 4 is 11.6 Å². The predicted molar refractivity (Wildman–Crippen MR) is 102 cm³/mol. The van der Waals surface area contributed by atoms with E-state index in [-0.39, 0.29) is 6.54 Å². The molecule has 0 aliphatic carbocycles. The fourth-order valence-electron chi connectivity index (χ4n) is 2.54. The number of morpholine rings is 1. The molecule has 1 aliphatic rings. The number of hydrogen-bond donors (Lipinski definition) is 1. The van der Waals surface area contributed by atoms with Gasteiger partial charge in [-0.15, -0.1) is 0 Å². The summed E-state index contributed by atoms with van der Waals surface area (Å²) < 4.78 is 11.0. The van der Waals surface area contributed by atoms with E-state index in [1.807, 2.05) is 38.2 Å². The lowest BCUT2D eigenvalue weighted by Crippen LogP contribution is -2.37. The molecule has 2 heterocycles. The van der Waals surface area contributed by atoms with Crippen LogP contribution in [-0.4, -0.2) is 61.5 Å². The lowest BCUT2D eigenvalue weighted by atomic mass is 10.2. The number of likely N-dealkylation sites (N-methyl/N-ethyl adjacent to an activating group) is 1. The summed E-state index contributed by atoms with van der Waals surface area (Å²) in [7, 11) is 1.87. The number of anilines is 1. The van der Waals surface area contributed by atoms with Crippen LogP contribution in [0.3, 0.4) is 0 Å². The van der Waals surface area contributed by atoms with E-state index >= 15 is 0 Å². The standard InChI is InChI=1S/C18H25N7O2/c1-14-4-3-5-15(12-14)24-20-13-16-21-17(25-7-10-26-11-8-25)23-18(22-16)27-9-6-19-2/h3-5,12,19H,6-11,13H2,1-2H3. The number of azo groups is 1. The zero-order chi connectivity index (χ0) is 18.9. The first-order valence-electron chi connectivity index (χ1n) is 9.04. The zero-order valence-electron chi connectivity index (χ0n) is 15.8.